The van der Waals surface area contributed by atoms with Gasteiger partial charge in [0.25, 0.3) is 0 Å². The highest BCUT2D eigenvalue weighted by Gasteiger charge is 2.60. The molecule has 0 aliphatic carbocycles. The summed E-state index contributed by atoms with van der Waals surface area (Å²) in [6, 6.07) is 19.0. The zero-order chi connectivity index (χ0) is 99.4. The van der Waals surface area contributed by atoms with Crippen molar-refractivity contribution in [2.45, 2.75) is 38.0 Å². The van der Waals surface area contributed by atoms with Gasteiger partial charge in [0.2, 0.25) is 60.1 Å². The van der Waals surface area contributed by atoms with E-state index in [4.69, 9.17) is 80.5 Å². The van der Waals surface area contributed by atoms with Gasteiger partial charge >= 0.3 is 51.9 Å². The molecule has 0 saturated heterocycles. The van der Waals surface area contributed by atoms with Crippen molar-refractivity contribution in [3.63, 3.8) is 0 Å². The fraction of sp³-hybridized carbons (Fsp3) is 0.829. The Balaban J connectivity index is -0.00000111. The summed E-state index contributed by atoms with van der Waals surface area (Å²) in [5.74, 6) is 0. The van der Waals surface area contributed by atoms with Crippen LogP contribution < -0.4 is 24.8 Å². The summed E-state index contributed by atoms with van der Waals surface area (Å²) >= 11 is 0. The van der Waals surface area contributed by atoms with Crippen molar-refractivity contribution in [3.05, 3.63) is 70.8 Å². The first-order valence-corrected chi connectivity index (χ1v) is 62.0. The maximum absolute atomic E-state index is 8.40. The third-order valence-electron chi connectivity index (χ3n) is 20.8. The van der Waals surface area contributed by atoms with Gasteiger partial charge in [-0.2, -0.15) is 0 Å². The third-order valence-corrected chi connectivity index (χ3v) is 67.4. The Kier molecular flexibility index (Phi) is 61.9. The quantitative estimate of drug-likeness (QED) is 0.0470. The van der Waals surface area contributed by atoms with Gasteiger partial charge < -0.3 is 51.4 Å². The second kappa shape index (κ2) is 58.7. The molecule has 756 valence electrons. The van der Waals surface area contributed by atoms with E-state index in [1.54, 1.807) is 42.7 Å². The van der Waals surface area contributed by atoms with Crippen molar-refractivity contribution in [1.29, 1.82) is 0 Å². The van der Waals surface area contributed by atoms with Gasteiger partial charge in [-0.15, -0.1) is 0 Å². The Hall–Kier alpha value is 0.588. The van der Waals surface area contributed by atoms with Gasteiger partial charge in [0, 0.05) is 67.8 Å². The summed E-state index contributed by atoms with van der Waals surface area (Å²) < 4.78 is 172. The van der Waals surface area contributed by atoms with Crippen LogP contribution in [0.1, 0.15) is 22.3 Å². The van der Waals surface area contributed by atoms with Crippen molar-refractivity contribution in [2.24, 2.45) is 36.1 Å². The Bertz CT molecular complexity index is 3500. The molecule has 42 nitrogen and oxygen atoms in total. The Labute approximate surface area is 799 Å². The van der Waals surface area contributed by atoms with Crippen LogP contribution in [-0.4, -0.2) is 515 Å². The summed E-state index contributed by atoms with van der Waals surface area (Å²) in [5, 5.41) is 0. The van der Waals surface area contributed by atoms with E-state index < -0.39 is 112 Å². The fourth-order valence-corrected chi connectivity index (χ4v) is 67.8. The lowest BCUT2D eigenvalue weighted by molar-refractivity contribution is -0.001000. The molecule has 0 saturated carbocycles. The van der Waals surface area contributed by atoms with Crippen LogP contribution in [0.15, 0.2) is 84.7 Å². The SMILES string of the molecule is CO[Si](CCc1ccc(CN(C)P(=N[P+](N=P(N(C)C)(N(C)C)N(C)C)(N=P(N(C)C)(N(C)C)N(C)C)N=P(N(C)C)(N(C)C)N(C)C)(N(C)C)N(C)C)cc1)(OC)OC.CO[Si](CCc1ccc(CN(C)P(=N[P+](N=P(N(C)C)(N(C)C)N(C)C)(N=P(N(C)C)(N(C)C)N(C)C)N=P(N(C)C)(N(C)C)N(C)C)(N(C)C)N(C)C)cc1)(OC)OC.O=[Si]=O.O=[Si]=O.[Cl-].[Cl-]. The number of benzene rings is 2. The van der Waals surface area contributed by atoms with Crippen LogP contribution >= 0.6 is 75.8 Å². The van der Waals surface area contributed by atoms with Crippen LogP contribution in [-0.2, 0) is 70.3 Å². The highest BCUT2D eigenvalue weighted by atomic mass is 35.5. The topological polar surface area (TPSA) is 300 Å². The summed E-state index contributed by atoms with van der Waals surface area (Å²) in [4.78, 5) is 0. The first kappa shape index (κ1) is 135. The average Bonchev–Trinajstić information content (AvgIpc) is 0.724. The molecule has 0 atom stereocenters. The lowest BCUT2D eigenvalue weighted by Crippen LogP contribution is -3.00. The van der Waals surface area contributed by atoms with Crippen molar-refractivity contribution >= 4 is 112 Å². The lowest BCUT2D eigenvalue weighted by atomic mass is 10.1. The first-order valence-electron chi connectivity index (χ1n) is 40.5. The highest BCUT2D eigenvalue weighted by Crippen LogP contribution is 2.89. The van der Waals surface area contributed by atoms with E-state index in [2.05, 4.69) is 485 Å². The Morgan fingerprint density at radius 2 is 0.336 bits per heavy atom. The summed E-state index contributed by atoms with van der Waals surface area (Å²) in [6.45, 7) is 1.25. The maximum Gasteiger partial charge on any atom is 0.549 e. The van der Waals surface area contributed by atoms with Crippen molar-refractivity contribution < 1.29 is 69.2 Å². The van der Waals surface area contributed by atoms with Crippen LogP contribution in [0.2, 0.25) is 12.1 Å². The molecule has 0 heterocycles. The Morgan fingerprint density at radius 1 is 0.227 bits per heavy atom. The number of hydrogen-bond donors (Lipinski definition) is 0. The van der Waals surface area contributed by atoms with E-state index in [1.807, 2.05) is 0 Å². The standard InChI is InChI=1S/2C35H88N16O3P5Si.2ClH.2O2Si/c2*1-40(2)56(41(3)4,42(5)6)36-55(37-57(43(7)8,44(9)10)45(11)12,38-58(46(13)14,47(15)16)48(17)18)39-59(49(19)20,50(21)22)51(23)33-35-29-27-34(28-30-35)31-32-60(52-24,53-25)54-26;;;2*1-3-2/h2*27-30H,31-33H2,1-26H3;2*1H;;/q2*+1;;;;/p-2. The predicted octanol–water partition coefficient (Wildman–Crippen LogP) is 7.13. The van der Waals surface area contributed by atoms with Crippen LogP contribution in [0, 0.1) is 0 Å². The average molecular weight is 2120 g/mol. The number of halogens is 2. The van der Waals surface area contributed by atoms with Gasteiger partial charge in [0.15, 0.2) is 0 Å². The largest absolute Gasteiger partial charge is 1.00 e. The van der Waals surface area contributed by atoms with Gasteiger partial charge in [0.1, 0.15) is 0 Å². The molecule has 2 rings (SSSR count). The number of nitrogens with zero attached hydrogens (tertiary/aromatic N) is 32. The molecule has 0 bridgehead atoms. The molecule has 0 spiro atoms. The van der Waals surface area contributed by atoms with E-state index in [0.29, 0.717) is 25.2 Å². The minimum atomic E-state index is -3.61. The lowest BCUT2D eigenvalue weighted by Gasteiger charge is -2.45. The molecular formula is C70H176Cl2N32O10P10Si4. The molecule has 0 unspecified atom stereocenters. The molecular weight excluding hydrogens is 1940 g/mol. The second-order valence-corrected chi connectivity index (χ2v) is 75.7. The zero-order valence-electron chi connectivity index (χ0n) is 88.5. The summed E-state index contributed by atoms with van der Waals surface area (Å²) in [6.07, 6.45) is 1.57. The number of hydrogen-bond acceptors (Lipinski definition) is 18. The molecule has 58 heteroatoms. The first-order chi connectivity index (χ1) is 57.8. The normalized spacial score (nSPS) is 13.6. The molecule has 128 heavy (non-hydrogen) atoms. The monoisotopic (exact) mass is 2120 g/mol. The molecule has 0 radical (unpaired) electrons. The van der Waals surface area contributed by atoms with Gasteiger partial charge in [-0.25, -0.2) is 112 Å². The molecule has 0 fully saturated rings. The summed E-state index contributed by atoms with van der Waals surface area (Å²) in [7, 11) is 70.0. The van der Waals surface area contributed by atoms with E-state index in [9.17, 15) is 0 Å². The van der Waals surface area contributed by atoms with Crippen molar-refractivity contribution in [2.75, 3.05) is 367 Å². The van der Waals surface area contributed by atoms with E-state index >= 15 is 0 Å². The van der Waals surface area contributed by atoms with Crippen LogP contribution in [0.3, 0.4) is 0 Å². The zero-order valence-corrected chi connectivity index (χ0v) is 103. The molecule has 2 aromatic carbocycles. The predicted molar refractivity (Wildman–Crippen MR) is 550 cm³/mol. The van der Waals surface area contributed by atoms with Crippen LogP contribution in [0.25, 0.3) is 0 Å². The van der Waals surface area contributed by atoms with Crippen molar-refractivity contribution in [3.8, 4) is 0 Å². The number of rotatable bonds is 48. The minimum Gasteiger partial charge on any atom is -1.00 e. The van der Waals surface area contributed by atoms with E-state index in [1.165, 1.54) is 11.1 Å². The van der Waals surface area contributed by atoms with Crippen molar-refractivity contribution in [1.82, 2.24) is 112 Å². The van der Waals surface area contributed by atoms with Crippen LogP contribution in [0.5, 0.6) is 0 Å². The minimum absolute atomic E-state index is 0. The molecule has 0 aliphatic heterocycles. The van der Waals surface area contributed by atoms with Crippen LogP contribution in [0.4, 0.5) is 0 Å². The summed E-state index contributed by atoms with van der Waals surface area (Å²) in [5.41, 5.74) is 4.72. The second-order valence-electron chi connectivity index (χ2n) is 33.7. The molecule has 2 aromatic rings. The Morgan fingerprint density at radius 3 is 0.445 bits per heavy atom. The maximum atomic E-state index is 8.40. The van der Waals surface area contributed by atoms with Gasteiger partial charge in [-0.3, -0.25) is 17.8 Å². The number of aryl methyl sites for hydroxylation is 2. The smallest absolute Gasteiger partial charge is 0.549 e. The van der Waals surface area contributed by atoms with Gasteiger partial charge in [-0.1, -0.05) is 48.5 Å². The van der Waals surface area contributed by atoms with Gasteiger partial charge in [-0.05, 0) is 395 Å². The third kappa shape index (κ3) is 31.8. The molecule has 0 amide bonds. The molecule has 0 aromatic heterocycles. The van der Waals surface area contributed by atoms with Gasteiger partial charge in [0.05, 0.1) is 0 Å². The highest BCUT2D eigenvalue weighted by molar-refractivity contribution is 7.89. The van der Waals surface area contributed by atoms with E-state index in [0.717, 1.165) is 24.0 Å². The molecule has 0 aliphatic rings. The molecule has 0 N–H and O–H groups in total. The van der Waals surface area contributed by atoms with E-state index in [-0.39, 0.29) is 24.8 Å². The fourth-order valence-electron chi connectivity index (χ4n) is 15.8.